The topological polar surface area (TPSA) is 125 Å². The van der Waals surface area contributed by atoms with Crippen molar-refractivity contribution in [1.29, 1.82) is 0 Å². The van der Waals surface area contributed by atoms with Crippen molar-refractivity contribution in [2.24, 2.45) is 0 Å². The standard InChI is InChI=1S/C31H40F2N6O5S/c1-7-9-12-27-35-30(31(32,33)15-8-2)36-38(27)18-23-13-14-25(24(17-23)19-42-5)28-26(11-10-16-34-28)45(40,41)39(20-43-6)29-21(3)22(4)37-44-29/h10-11,13-14,16-17H,7-9,12,15,18-20H2,1-6H3. The first-order valence-corrected chi connectivity index (χ1v) is 16.2. The number of hydrogen-bond donors (Lipinski definition) is 0. The smallest absolute Gasteiger partial charge is 0.308 e. The molecule has 4 rings (SSSR count). The van der Waals surface area contributed by atoms with Gasteiger partial charge in [-0.05, 0) is 49.9 Å². The Morgan fingerprint density at radius 2 is 1.87 bits per heavy atom. The Morgan fingerprint density at radius 3 is 2.51 bits per heavy atom. The maximum absolute atomic E-state index is 14.8. The summed E-state index contributed by atoms with van der Waals surface area (Å²) in [5.74, 6) is -3.04. The number of pyridine rings is 1. The third kappa shape index (κ3) is 7.39. The first kappa shape index (κ1) is 34.1. The van der Waals surface area contributed by atoms with E-state index >= 15 is 0 Å². The van der Waals surface area contributed by atoms with E-state index < -0.39 is 21.8 Å². The van der Waals surface area contributed by atoms with E-state index in [0.717, 1.165) is 22.7 Å². The number of hydrogen-bond acceptors (Lipinski definition) is 9. The number of aromatic nitrogens is 5. The van der Waals surface area contributed by atoms with Gasteiger partial charge in [-0.3, -0.25) is 4.98 Å². The Labute approximate surface area is 262 Å². The normalized spacial score (nSPS) is 12.2. The summed E-state index contributed by atoms with van der Waals surface area (Å²) in [7, 11) is -1.33. The highest BCUT2D eigenvalue weighted by molar-refractivity contribution is 7.93. The summed E-state index contributed by atoms with van der Waals surface area (Å²) in [6.45, 7) is 7.19. The van der Waals surface area contributed by atoms with Gasteiger partial charge in [0.05, 0.1) is 24.5 Å². The molecule has 0 saturated carbocycles. The van der Waals surface area contributed by atoms with Crippen molar-refractivity contribution >= 4 is 15.9 Å². The Kier molecular flexibility index (Phi) is 11.0. The SMILES string of the molecule is CCCCc1nc(C(F)(F)CCC)nn1Cc1ccc(-c2ncccc2S(=O)(=O)N(COC)c2onc(C)c2C)c(COC)c1. The van der Waals surface area contributed by atoms with Crippen LogP contribution in [0.1, 0.15) is 73.6 Å². The highest BCUT2D eigenvalue weighted by Gasteiger charge is 2.36. The molecule has 14 heteroatoms. The first-order chi connectivity index (χ1) is 21.5. The van der Waals surface area contributed by atoms with Crippen LogP contribution in [0.4, 0.5) is 14.7 Å². The molecule has 0 spiro atoms. The third-order valence-corrected chi connectivity index (χ3v) is 9.13. The van der Waals surface area contributed by atoms with Crippen LogP contribution in [-0.2, 0) is 45.0 Å². The molecule has 1 aromatic carbocycles. The molecule has 45 heavy (non-hydrogen) atoms. The van der Waals surface area contributed by atoms with E-state index in [9.17, 15) is 17.2 Å². The van der Waals surface area contributed by atoms with Crippen LogP contribution in [0.25, 0.3) is 11.3 Å². The summed E-state index contributed by atoms with van der Waals surface area (Å²) in [6.07, 6.45) is 3.68. The minimum absolute atomic E-state index is 0.0483. The Balaban J connectivity index is 1.77. The Hall–Kier alpha value is -3.75. The van der Waals surface area contributed by atoms with Gasteiger partial charge in [-0.15, -0.1) is 5.10 Å². The number of halogens is 2. The van der Waals surface area contributed by atoms with Gasteiger partial charge in [0.1, 0.15) is 17.5 Å². The van der Waals surface area contributed by atoms with Crippen molar-refractivity contribution in [2.45, 2.75) is 83.8 Å². The van der Waals surface area contributed by atoms with Gasteiger partial charge in [0, 0.05) is 44.4 Å². The average Bonchev–Trinajstić information content (AvgIpc) is 3.57. The molecule has 0 aliphatic heterocycles. The lowest BCUT2D eigenvalue weighted by Gasteiger charge is -2.22. The molecule has 4 aromatic rings. The van der Waals surface area contributed by atoms with Gasteiger partial charge in [0.25, 0.3) is 10.0 Å². The maximum atomic E-state index is 14.8. The molecule has 0 N–H and O–H groups in total. The van der Waals surface area contributed by atoms with Gasteiger partial charge in [-0.25, -0.2) is 22.4 Å². The molecule has 3 heterocycles. The fraction of sp³-hybridized carbons (Fsp3) is 0.484. The van der Waals surface area contributed by atoms with E-state index in [1.54, 1.807) is 39.0 Å². The minimum atomic E-state index is -4.25. The fourth-order valence-electron chi connectivity index (χ4n) is 4.94. The number of alkyl halides is 2. The maximum Gasteiger partial charge on any atom is 0.308 e. The monoisotopic (exact) mass is 646 g/mol. The predicted octanol–water partition coefficient (Wildman–Crippen LogP) is 6.17. The molecule has 0 atom stereocenters. The fourth-order valence-corrected chi connectivity index (χ4v) is 6.46. The number of rotatable bonds is 16. The predicted molar refractivity (Wildman–Crippen MR) is 164 cm³/mol. The molecule has 0 bridgehead atoms. The number of nitrogens with zero attached hydrogens (tertiary/aromatic N) is 6. The van der Waals surface area contributed by atoms with Crippen LogP contribution in [-0.4, -0.2) is 54.3 Å². The zero-order chi connectivity index (χ0) is 32.8. The van der Waals surface area contributed by atoms with E-state index in [-0.39, 0.29) is 42.8 Å². The summed E-state index contributed by atoms with van der Waals surface area (Å²) < 4.78 is 76.4. The van der Waals surface area contributed by atoms with Crippen LogP contribution in [0.2, 0.25) is 0 Å². The van der Waals surface area contributed by atoms with E-state index in [1.165, 1.54) is 31.2 Å². The second kappa shape index (κ2) is 14.6. The largest absolute Gasteiger partial charge is 0.380 e. The van der Waals surface area contributed by atoms with E-state index in [2.05, 4.69) is 20.2 Å². The van der Waals surface area contributed by atoms with Gasteiger partial charge in [-0.2, -0.15) is 8.78 Å². The van der Waals surface area contributed by atoms with Gasteiger partial charge in [-0.1, -0.05) is 43.6 Å². The van der Waals surface area contributed by atoms with E-state index in [1.807, 2.05) is 13.0 Å². The summed E-state index contributed by atoms with van der Waals surface area (Å²) >= 11 is 0. The quantitative estimate of drug-likeness (QED) is 0.131. The Morgan fingerprint density at radius 1 is 1.09 bits per heavy atom. The second-order valence-corrected chi connectivity index (χ2v) is 12.6. The number of aryl methyl sites for hydroxylation is 2. The summed E-state index contributed by atoms with van der Waals surface area (Å²) in [4.78, 5) is 8.64. The number of ether oxygens (including phenoxy) is 2. The summed E-state index contributed by atoms with van der Waals surface area (Å²) in [6, 6.07) is 8.40. The van der Waals surface area contributed by atoms with Gasteiger partial charge < -0.3 is 14.0 Å². The highest BCUT2D eigenvalue weighted by Crippen LogP contribution is 2.35. The summed E-state index contributed by atoms with van der Waals surface area (Å²) in [5.41, 5.74) is 3.26. The lowest BCUT2D eigenvalue weighted by molar-refractivity contribution is -0.0232. The molecule has 0 fully saturated rings. The van der Waals surface area contributed by atoms with Crippen molar-refractivity contribution in [1.82, 2.24) is 24.9 Å². The van der Waals surface area contributed by atoms with E-state index in [4.69, 9.17) is 14.0 Å². The molecule has 3 aromatic heterocycles. The molecule has 0 aliphatic rings. The second-order valence-electron chi connectivity index (χ2n) is 10.8. The number of anilines is 1. The van der Waals surface area contributed by atoms with Gasteiger partial charge in [0.15, 0.2) is 0 Å². The van der Waals surface area contributed by atoms with Crippen molar-refractivity contribution in [3.8, 4) is 11.3 Å². The van der Waals surface area contributed by atoms with Crippen LogP contribution in [0.5, 0.6) is 0 Å². The van der Waals surface area contributed by atoms with Crippen LogP contribution < -0.4 is 4.31 Å². The molecule has 0 radical (unpaired) electrons. The lowest BCUT2D eigenvalue weighted by atomic mass is 10.0. The molecule has 0 saturated heterocycles. The van der Waals surface area contributed by atoms with Gasteiger partial charge in [0.2, 0.25) is 11.7 Å². The summed E-state index contributed by atoms with van der Waals surface area (Å²) in [5, 5.41) is 8.14. The average molecular weight is 647 g/mol. The third-order valence-electron chi connectivity index (χ3n) is 7.39. The van der Waals surface area contributed by atoms with Crippen molar-refractivity contribution < 1.29 is 31.2 Å². The molecule has 0 amide bonds. The zero-order valence-electron chi connectivity index (χ0n) is 26.5. The van der Waals surface area contributed by atoms with Crippen LogP contribution in [0.15, 0.2) is 45.9 Å². The molecule has 244 valence electrons. The number of unbranched alkanes of at least 4 members (excludes halogenated alkanes) is 1. The molecule has 0 unspecified atom stereocenters. The van der Waals surface area contributed by atoms with Crippen LogP contribution in [0, 0.1) is 13.8 Å². The molecular weight excluding hydrogens is 606 g/mol. The number of sulfonamides is 1. The highest BCUT2D eigenvalue weighted by atomic mass is 32.2. The van der Waals surface area contributed by atoms with Crippen molar-refractivity contribution in [2.75, 3.05) is 25.3 Å². The van der Waals surface area contributed by atoms with Gasteiger partial charge >= 0.3 is 5.92 Å². The Bertz CT molecular complexity index is 1710. The number of methoxy groups -OCH3 is 2. The zero-order valence-corrected chi connectivity index (χ0v) is 27.3. The van der Waals surface area contributed by atoms with Crippen LogP contribution >= 0.6 is 0 Å². The first-order valence-electron chi connectivity index (χ1n) is 14.8. The lowest BCUT2D eigenvalue weighted by Crippen LogP contribution is -2.33. The minimum Gasteiger partial charge on any atom is -0.380 e. The van der Waals surface area contributed by atoms with Crippen molar-refractivity contribution in [3.05, 3.63) is 70.6 Å². The molecule has 11 nitrogen and oxygen atoms in total. The van der Waals surface area contributed by atoms with Crippen LogP contribution in [0.3, 0.4) is 0 Å². The van der Waals surface area contributed by atoms with E-state index in [0.29, 0.717) is 41.1 Å². The van der Waals surface area contributed by atoms with Crippen molar-refractivity contribution in [3.63, 3.8) is 0 Å². The molecule has 0 aliphatic carbocycles. The number of benzene rings is 1. The molecular formula is C31H40F2N6O5S.